The van der Waals surface area contributed by atoms with Gasteiger partial charge in [0.05, 0.1) is 17.1 Å². The molecule has 2 aliphatic heterocycles. The first kappa shape index (κ1) is 14.4. The summed E-state index contributed by atoms with van der Waals surface area (Å²) in [4.78, 5) is 36.2. The van der Waals surface area contributed by atoms with Crippen molar-refractivity contribution in [3.63, 3.8) is 0 Å². The second kappa shape index (κ2) is 5.69. The number of hydrogen-bond acceptors (Lipinski definition) is 4. The van der Waals surface area contributed by atoms with Crippen LogP contribution in [0.25, 0.3) is 0 Å². The first-order chi connectivity index (χ1) is 10.5. The van der Waals surface area contributed by atoms with Gasteiger partial charge in [0.25, 0.3) is 5.91 Å². The van der Waals surface area contributed by atoms with Gasteiger partial charge in [-0.1, -0.05) is 11.6 Å². The summed E-state index contributed by atoms with van der Waals surface area (Å²) in [5.74, 6) is -0.611. The molecule has 2 aliphatic rings. The van der Waals surface area contributed by atoms with Crippen LogP contribution in [-0.4, -0.2) is 42.4 Å². The normalized spacial score (nSPS) is 17.1. The largest absolute Gasteiger partial charge is 0.357 e. The summed E-state index contributed by atoms with van der Waals surface area (Å²) in [7, 11) is 0. The average molecular weight is 321 g/mol. The molecule has 7 nitrogen and oxygen atoms in total. The maximum atomic E-state index is 12.4. The molecular weight excluding hydrogens is 308 g/mol. The Morgan fingerprint density at radius 3 is 2.73 bits per heavy atom. The van der Waals surface area contributed by atoms with Gasteiger partial charge in [-0.25, -0.2) is 4.79 Å². The lowest BCUT2D eigenvalue weighted by Crippen LogP contribution is -2.34. The zero-order valence-corrected chi connectivity index (χ0v) is 12.2. The van der Waals surface area contributed by atoms with E-state index >= 15 is 0 Å². The summed E-state index contributed by atoms with van der Waals surface area (Å²) < 4.78 is 0. The SMILES string of the molecule is O=C1C=C(Nc2ccc(Cl)c(C(=O)N3CCNC3=O)c2)CN1. The van der Waals surface area contributed by atoms with Crippen LogP contribution in [0.3, 0.4) is 0 Å². The number of carbonyl (C=O) groups is 3. The molecule has 4 amide bonds. The van der Waals surface area contributed by atoms with Gasteiger partial charge < -0.3 is 16.0 Å². The van der Waals surface area contributed by atoms with E-state index in [0.717, 1.165) is 4.90 Å². The third-order valence-corrected chi connectivity index (χ3v) is 3.69. The van der Waals surface area contributed by atoms with E-state index in [1.54, 1.807) is 18.2 Å². The molecule has 3 N–H and O–H groups in total. The van der Waals surface area contributed by atoms with Crippen molar-refractivity contribution in [2.75, 3.05) is 25.0 Å². The predicted molar refractivity (Wildman–Crippen MR) is 80.6 cm³/mol. The van der Waals surface area contributed by atoms with Gasteiger partial charge in [0.1, 0.15) is 0 Å². The van der Waals surface area contributed by atoms with E-state index in [-0.39, 0.29) is 16.5 Å². The first-order valence-corrected chi connectivity index (χ1v) is 7.07. The number of anilines is 1. The zero-order valence-electron chi connectivity index (χ0n) is 11.5. The Kier molecular flexibility index (Phi) is 3.72. The standard InChI is InChI=1S/C14H13ClN4O3/c15-11-2-1-8(18-9-6-12(20)17-7-9)5-10(11)13(21)19-4-3-16-14(19)22/h1-2,5-6,18H,3-4,7H2,(H,16,22)(H,17,20). The van der Waals surface area contributed by atoms with Crippen molar-refractivity contribution in [1.29, 1.82) is 0 Å². The van der Waals surface area contributed by atoms with E-state index in [1.807, 2.05) is 0 Å². The molecule has 0 unspecified atom stereocenters. The Balaban J connectivity index is 1.83. The Bertz CT molecular complexity index is 701. The molecule has 8 heteroatoms. The fourth-order valence-electron chi connectivity index (χ4n) is 2.29. The summed E-state index contributed by atoms with van der Waals surface area (Å²) in [6, 6.07) is 4.43. The van der Waals surface area contributed by atoms with Gasteiger partial charge in [-0.15, -0.1) is 0 Å². The highest BCUT2D eigenvalue weighted by Gasteiger charge is 2.28. The van der Waals surface area contributed by atoms with E-state index in [9.17, 15) is 14.4 Å². The van der Waals surface area contributed by atoms with Crippen molar-refractivity contribution in [3.8, 4) is 0 Å². The molecule has 2 heterocycles. The molecule has 114 valence electrons. The molecule has 1 fully saturated rings. The molecule has 0 atom stereocenters. The van der Waals surface area contributed by atoms with Gasteiger partial charge in [0, 0.05) is 30.5 Å². The number of halogens is 1. The van der Waals surface area contributed by atoms with E-state index < -0.39 is 11.9 Å². The fourth-order valence-corrected chi connectivity index (χ4v) is 2.48. The molecule has 0 bridgehead atoms. The number of nitrogens with one attached hydrogen (secondary N) is 3. The summed E-state index contributed by atoms with van der Waals surface area (Å²) >= 11 is 6.07. The predicted octanol–water partition coefficient (Wildman–Crippen LogP) is 0.931. The number of imide groups is 1. The van der Waals surface area contributed by atoms with Crippen LogP contribution in [0.2, 0.25) is 5.02 Å². The molecule has 3 rings (SSSR count). The van der Waals surface area contributed by atoms with E-state index in [0.29, 0.717) is 31.0 Å². The molecule has 0 aliphatic carbocycles. The van der Waals surface area contributed by atoms with E-state index in [1.165, 1.54) is 6.08 Å². The molecule has 1 saturated heterocycles. The van der Waals surface area contributed by atoms with Crippen LogP contribution in [0.15, 0.2) is 30.0 Å². The van der Waals surface area contributed by atoms with Crippen LogP contribution in [0, 0.1) is 0 Å². The zero-order chi connectivity index (χ0) is 15.7. The smallest absolute Gasteiger partial charge is 0.324 e. The average Bonchev–Trinajstić information content (AvgIpc) is 3.09. The lowest BCUT2D eigenvalue weighted by molar-refractivity contribution is -0.115. The Morgan fingerprint density at radius 2 is 2.09 bits per heavy atom. The van der Waals surface area contributed by atoms with Gasteiger partial charge >= 0.3 is 6.03 Å². The molecule has 1 aromatic rings. The minimum atomic E-state index is -0.446. The van der Waals surface area contributed by atoms with Crippen molar-refractivity contribution in [3.05, 3.63) is 40.6 Å². The second-order valence-corrected chi connectivity index (χ2v) is 5.30. The highest BCUT2D eigenvalue weighted by molar-refractivity contribution is 6.34. The quantitative estimate of drug-likeness (QED) is 0.773. The van der Waals surface area contributed by atoms with Crippen LogP contribution >= 0.6 is 11.6 Å². The Labute approximate surface area is 131 Å². The van der Waals surface area contributed by atoms with Gasteiger partial charge in [-0.05, 0) is 18.2 Å². The minimum absolute atomic E-state index is 0.165. The van der Waals surface area contributed by atoms with Crippen molar-refractivity contribution in [1.82, 2.24) is 15.5 Å². The molecule has 0 radical (unpaired) electrons. The van der Waals surface area contributed by atoms with Crippen molar-refractivity contribution < 1.29 is 14.4 Å². The van der Waals surface area contributed by atoms with E-state index in [4.69, 9.17) is 11.6 Å². The number of carbonyl (C=O) groups excluding carboxylic acids is 3. The van der Waals surface area contributed by atoms with Gasteiger partial charge in [0.2, 0.25) is 5.91 Å². The van der Waals surface area contributed by atoms with Gasteiger partial charge in [-0.2, -0.15) is 0 Å². The highest BCUT2D eigenvalue weighted by atomic mass is 35.5. The minimum Gasteiger partial charge on any atom is -0.357 e. The molecule has 22 heavy (non-hydrogen) atoms. The highest BCUT2D eigenvalue weighted by Crippen LogP contribution is 2.24. The summed E-state index contributed by atoms with van der Waals surface area (Å²) in [6.45, 7) is 1.15. The van der Waals surface area contributed by atoms with Crippen molar-refractivity contribution in [2.24, 2.45) is 0 Å². The van der Waals surface area contributed by atoms with Gasteiger partial charge in [0.15, 0.2) is 0 Å². The Morgan fingerprint density at radius 1 is 1.27 bits per heavy atom. The van der Waals surface area contributed by atoms with Crippen molar-refractivity contribution in [2.45, 2.75) is 0 Å². The lowest BCUT2D eigenvalue weighted by Gasteiger charge is -2.15. The van der Waals surface area contributed by atoms with Crippen LogP contribution in [0.5, 0.6) is 0 Å². The number of urea groups is 1. The number of nitrogens with zero attached hydrogens (tertiary/aromatic N) is 1. The molecule has 0 aromatic heterocycles. The first-order valence-electron chi connectivity index (χ1n) is 6.69. The third kappa shape index (κ3) is 2.75. The summed E-state index contributed by atoms with van der Waals surface area (Å²) in [5, 5.41) is 8.52. The molecule has 1 aromatic carbocycles. The summed E-state index contributed by atoms with van der Waals surface area (Å²) in [5.41, 5.74) is 1.56. The number of rotatable bonds is 3. The number of hydrogen-bond donors (Lipinski definition) is 3. The third-order valence-electron chi connectivity index (χ3n) is 3.36. The summed E-state index contributed by atoms with van der Waals surface area (Å²) in [6.07, 6.45) is 1.45. The van der Waals surface area contributed by atoms with Gasteiger partial charge in [-0.3, -0.25) is 14.5 Å². The lowest BCUT2D eigenvalue weighted by atomic mass is 10.1. The molecular formula is C14H13ClN4O3. The van der Waals surface area contributed by atoms with Crippen LogP contribution in [0.1, 0.15) is 10.4 Å². The van der Waals surface area contributed by atoms with Crippen LogP contribution in [0.4, 0.5) is 10.5 Å². The Hall–Kier alpha value is -2.54. The maximum absolute atomic E-state index is 12.4. The van der Waals surface area contributed by atoms with Crippen LogP contribution < -0.4 is 16.0 Å². The molecule has 0 spiro atoms. The number of benzene rings is 1. The van der Waals surface area contributed by atoms with E-state index in [2.05, 4.69) is 16.0 Å². The fraction of sp³-hybridized carbons (Fsp3) is 0.214. The topological polar surface area (TPSA) is 90.5 Å². The maximum Gasteiger partial charge on any atom is 0.324 e. The molecule has 0 saturated carbocycles. The monoisotopic (exact) mass is 320 g/mol. The van der Waals surface area contributed by atoms with Crippen LogP contribution in [-0.2, 0) is 4.79 Å². The number of amides is 4. The van der Waals surface area contributed by atoms with Crippen molar-refractivity contribution >= 4 is 35.1 Å². The second-order valence-electron chi connectivity index (χ2n) is 4.90.